The number of carbonyl (C=O) groups excluding carboxylic acids is 1. The number of hydrazine groups is 1. The summed E-state index contributed by atoms with van der Waals surface area (Å²) in [6, 6.07) is 10.9. The highest BCUT2D eigenvalue weighted by atomic mass is 35.5. The summed E-state index contributed by atoms with van der Waals surface area (Å²) < 4.78 is 23.9. The van der Waals surface area contributed by atoms with E-state index in [1.54, 1.807) is 49.7 Å². The van der Waals surface area contributed by atoms with Gasteiger partial charge in [0.1, 0.15) is 23.6 Å². The number of anilines is 2. The van der Waals surface area contributed by atoms with E-state index in [1.807, 2.05) is 0 Å². The van der Waals surface area contributed by atoms with Gasteiger partial charge in [-0.1, -0.05) is 30.3 Å². The number of benzene rings is 2. The zero-order valence-corrected chi connectivity index (χ0v) is 28.3. The van der Waals surface area contributed by atoms with E-state index < -0.39 is 13.0 Å². The third kappa shape index (κ3) is 8.27. The van der Waals surface area contributed by atoms with Crippen LogP contribution in [0.15, 0.2) is 75.7 Å². The van der Waals surface area contributed by atoms with Gasteiger partial charge in [-0.25, -0.2) is 15.8 Å². The van der Waals surface area contributed by atoms with Crippen molar-refractivity contribution in [1.82, 2.24) is 14.9 Å². The molecule has 2 saturated heterocycles. The number of carbonyl (C=O) groups is 1. The van der Waals surface area contributed by atoms with Gasteiger partial charge in [0.2, 0.25) is 0 Å². The fourth-order valence-electron chi connectivity index (χ4n) is 5.54. The van der Waals surface area contributed by atoms with Crippen molar-refractivity contribution in [2.24, 2.45) is 26.3 Å². The number of morpholine rings is 1. The molecule has 1 amide bonds. The van der Waals surface area contributed by atoms with Crippen LogP contribution in [0, 0.1) is 0 Å². The van der Waals surface area contributed by atoms with Crippen LogP contribution < -0.4 is 25.8 Å². The molecule has 2 fully saturated rings. The monoisotopic (exact) mass is 680 g/mol. The van der Waals surface area contributed by atoms with Crippen molar-refractivity contribution in [2.75, 3.05) is 69.7 Å². The Bertz CT molecular complexity index is 1720. The zero-order valence-electron chi connectivity index (χ0n) is 26.6. The fourth-order valence-corrected chi connectivity index (χ4v) is 6.78. The highest BCUT2D eigenvalue weighted by Gasteiger charge is 2.29. The van der Waals surface area contributed by atoms with Crippen LogP contribution in [0.1, 0.15) is 12.8 Å². The van der Waals surface area contributed by atoms with Crippen LogP contribution in [0.25, 0.3) is 0 Å². The molecule has 0 spiro atoms. The lowest BCUT2D eigenvalue weighted by molar-refractivity contribution is -0.114. The predicted molar refractivity (Wildman–Crippen MR) is 183 cm³/mol. The molecule has 47 heavy (non-hydrogen) atoms. The molecule has 0 aliphatic carbocycles. The van der Waals surface area contributed by atoms with Gasteiger partial charge < -0.3 is 18.9 Å². The molecule has 2 aromatic carbocycles. The van der Waals surface area contributed by atoms with Gasteiger partial charge in [-0.3, -0.25) is 9.69 Å². The lowest BCUT2D eigenvalue weighted by atomic mass is 10.0. The summed E-state index contributed by atoms with van der Waals surface area (Å²) in [5.74, 6) is 6.24. The van der Waals surface area contributed by atoms with Gasteiger partial charge in [-0.2, -0.15) is 4.98 Å². The Labute approximate surface area is 278 Å². The minimum Gasteiger partial charge on any atom is -0.494 e. The molecule has 0 saturated carbocycles. The van der Waals surface area contributed by atoms with Crippen LogP contribution in [0.2, 0.25) is 5.02 Å². The maximum Gasteiger partial charge on any atom is 0.271 e. The summed E-state index contributed by atoms with van der Waals surface area (Å²) in [4.78, 5) is 25.8. The van der Waals surface area contributed by atoms with Crippen molar-refractivity contribution < 1.29 is 18.8 Å². The topological polar surface area (TPSA) is 164 Å². The number of nitrogens with zero attached hydrogens (tertiary/aromatic N) is 9. The Kier molecular flexibility index (Phi) is 11.1. The van der Waals surface area contributed by atoms with Gasteiger partial charge >= 0.3 is 0 Å². The van der Waals surface area contributed by atoms with E-state index in [2.05, 4.69) is 46.8 Å². The molecule has 0 unspecified atom stereocenters. The van der Waals surface area contributed by atoms with Crippen LogP contribution in [-0.4, -0.2) is 86.6 Å². The molecule has 0 radical (unpaired) electrons. The number of amides is 1. The summed E-state index contributed by atoms with van der Waals surface area (Å²) in [6.45, 7) is 11.8. The molecule has 16 heteroatoms. The molecule has 3 heterocycles. The number of ether oxygens (including phenoxy) is 2. The smallest absolute Gasteiger partial charge is 0.271 e. The van der Waals surface area contributed by atoms with E-state index >= 15 is 0 Å². The lowest BCUT2D eigenvalue weighted by Gasteiger charge is -2.41. The standard InChI is InChI=1S/C31H38ClN10O4P/c1-5-29(43)42(33)26-18-24(27(45-2)19-25(26)41-12-10-21(11-13-41)40-14-16-46-17-15-40)37-39-31-34-20-22(32)30(35-31)38-36-23-8-6-7-9-28(23)47(3,4)44/h5-9,18-21H,1,10-17,33H2,2-4H3. The lowest BCUT2D eigenvalue weighted by Crippen LogP contribution is -2.49. The van der Waals surface area contributed by atoms with Gasteiger partial charge in [-0.15, -0.1) is 20.5 Å². The molecule has 0 bridgehead atoms. The Hall–Kier alpha value is -4.07. The quantitative estimate of drug-likeness (QED) is 0.0684. The average Bonchev–Trinajstić information content (AvgIpc) is 3.09. The first-order chi connectivity index (χ1) is 22.6. The Balaban J connectivity index is 1.42. The normalized spacial score (nSPS) is 16.6. The minimum atomic E-state index is -2.61. The SMILES string of the molecule is C=CC(=O)N(N)c1cc(N=Nc2ncc(Cl)c(N=Nc3ccccc3P(C)(C)=O)n2)c(OC)cc1N1CCC(N2CCOCC2)CC1. The van der Waals surface area contributed by atoms with E-state index in [4.69, 9.17) is 26.9 Å². The van der Waals surface area contributed by atoms with Crippen molar-refractivity contribution >= 4 is 64.5 Å². The third-order valence-corrected chi connectivity index (χ3v) is 9.79. The zero-order chi connectivity index (χ0) is 33.6. The van der Waals surface area contributed by atoms with Crippen molar-refractivity contribution in [2.45, 2.75) is 18.9 Å². The van der Waals surface area contributed by atoms with Crippen LogP contribution in [0.5, 0.6) is 5.75 Å². The van der Waals surface area contributed by atoms with Crippen LogP contribution in [0.4, 0.5) is 34.5 Å². The molecular formula is C31H38ClN10O4P. The molecule has 1 aromatic heterocycles. The van der Waals surface area contributed by atoms with Gasteiger partial charge in [0, 0.05) is 43.6 Å². The highest BCUT2D eigenvalue weighted by Crippen LogP contribution is 2.42. The average molecular weight is 681 g/mol. The van der Waals surface area contributed by atoms with Gasteiger partial charge in [0.25, 0.3) is 11.9 Å². The third-order valence-electron chi connectivity index (χ3n) is 7.99. The molecule has 0 atom stereocenters. The van der Waals surface area contributed by atoms with Crippen molar-refractivity contribution in [3.8, 4) is 5.75 Å². The molecule has 5 rings (SSSR count). The first-order valence-corrected chi connectivity index (χ1v) is 18.1. The van der Waals surface area contributed by atoms with Gasteiger partial charge in [-0.05, 0) is 50.4 Å². The summed E-state index contributed by atoms with van der Waals surface area (Å²) in [5, 5.41) is 18.7. The minimum absolute atomic E-state index is 0.0436. The number of methoxy groups -OCH3 is 1. The number of piperidine rings is 1. The summed E-state index contributed by atoms with van der Waals surface area (Å²) >= 11 is 6.30. The van der Waals surface area contributed by atoms with Crippen LogP contribution in [-0.2, 0) is 14.1 Å². The number of hydrogen-bond donors (Lipinski definition) is 1. The highest BCUT2D eigenvalue weighted by molar-refractivity contribution is 7.70. The predicted octanol–water partition coefficient (Wildman–Crippen LogP) is 5.91. The van der Waals surface area contributed by atoms with Crippen molar-refractivity contribution in [1.29, 1.82) is 0 Å². The van der Waals surface area contributed by atoms with Crippen LogP contribution in [0.3, 0.4) is 0 Å². The number of rotatable bonds is 10. The molecular weight excluding hydrogens is 643 g/mol. The van der Waals surface area contributed by atoms with E-state index in [1.165, 1.54) is 13.3 Å². The van der Waals surface area contributed by atoms with E-state index in [0.717, 1.165) is 69.0 Å². The molecule has 3 aromatic rings. The summed E-state index contributed by atoms with van der Waals surface area (Å²) in [5.41, 5.74) is 1.89. The number of hydrogen-bond acceptors (Lipinski definition) is 13. The number of azo groups is 2. The van der Waals surface area contributed by atoms with Gasteiger partial charge in [0.15, 0.2) is 5.82 Å². The Morgan fingerprint density at radius 2 is 1.81 bits per heavy atom. The first-order valence-electron chi connectivity index (χ1n) is 15.1. The largest absolute Gasteiger partial charge is 0.494 e. The number of halogens is 1. The van der Waals surface area contributed by atoms with E-state index in [9.17, 15) is 9.36 Å². The van der Waals surface area contributed by atoms with Crippen LogP contribution >= 0.6 is 18.7 Å². The second kappa shape index (κ2) is 15.2. The molecule has 14 nitrogen and oxygen atoms in total. The van der Waals surface area contributed by atoms with Crippen molar-refractivity contribution in [3.05, 3.63) is 60.3 Å². The first kappa shape index (κ1) is 34.3. The van der Waals surface area contributed by atoms with E-state index in [0.29, 0.717) is 34.2 Å². The molecule has 2 N–H and O–H groups in total. The van der Waals surface area contributed by atoms with Gasteiger partial charge in [0.05, 0.1) is 43.6 Å². The summed E-state index contributed by atoms with van der Waals surface area (Å²) in [6.07, 6.45) is 4.40. The maximum absolute atomic E-state index is 12.7. The molecule has 2 aliphatic rings. The second-order valence-corrected chi connectivity index (χ2v) is 15.0. The summed E-state index contributed by atoms with van der Waals surface area (Å²) in [7, 11) is -1.08. The Morgan fingerprint density at radius 1 is 1.11 bits per heavy atom. The molecule has 248 valence electrons. The van der Waals surface area contributed by atoms with E-state index in [-0.39, 0.29) is 16.8 Å². The number of nitrogens with two attached hydrogens (primary N) is 1. The van der Waals surface area contributed by atoms with Crippen molar-refractivity contribution in [3.63, 3.8) is 0 Å². The molecule has 2 aliphatic heterocycles. The fraction of sp³-hybridized carbons (Fsp3) is 0.387. The second-order valence-electron chi connectivity index (χ2n) is 11.4. The Morgan fingerprint density at radius 3 is 2.49 bits per heavy atom. The maximum atomic E-state index is 12.7. The number of aromatic nitrogens is 2.